The fourth-order valence-electron chi connectivity index (χ4n) is 6.26. The molecule has 2 unspecified atom stereocenters. The first-order valence-electron chi connectivity index (χ1n) is 15.5. The predicted molar refractivity (Wildman–Crippen MR) is 174 cm³/mol. The molecule has 0 saturated heterocycles. The van der Waals surface area contributed by atoms with Gasteiger partial charge in [0.2, 0.25) is 0 Å². The molecule has 1 aliphatic heterocycles. The van der Waals surface area contributed by atoms with Gasteiger partial charge in [0, 0.05) is 23.3 Å². The van der Waals surface area contributed by atoms with E-state index < -0.39 is 6.04 Å². The number of methoxy groups -OCH3 is 1. The summed E-state index contributed by atoms with van der Waals surface area (Å²) < 4.78 is 25.1. The first kappa shape index (κ1) is 30.1. The van der Waals surface area contributed by atoms with Crippen molar-refractivity contribution in [2.75, 3.05) is 23.9 Å². The van der Waals surface area contributed by atoms with Crippen LogP contribution in [0, 0.1) is 5.82 Å². The maximum absolute atomic E-state index is 14.5. The second-order valence-electron chi connectivity index (χ2n) is 11.5. The maximum Gasteiger partial charge on any atom is 0.259 e. The normalized spacial score (nSPS) is 17.6. The van der Waals surface area contributed by atoms with Crippen LogP contribution in [0.1, 0.15) is 72.5 Å². The van der Waals surface area contributed by atoms with Crippen molar-refractivity contribution in [2.24, 2.45) is 0 Å². The molecular weight excluding hydrogens is 567 g/mol. The number of ketones is 1. The van der Waals surface area contributed by atoms with Crippen LogP contribution in [-0.2, 0) is 4.79 Å². The summed E-state index contributed by atoms with van der Waals surface area (Å²) in [5.74, 6) is 0.667. The van der Waals surface area contributed by atoms with Gasteiger partial charge in [0.05, 0.1) is 31.1 Å². The predicted octanol–water partition coefficient (Wildman–Crippen LogP) is 8.62. The zero-order valence-corrected chi connectivity index (χ0v) is 25.6. The molecule has 1 aliphatic carbocycles. The molecule has 2 aliphatic rings. The minimum Gasteiger partial charge on any atom is -0.497 e. The Kier molecular flexibility index (Phi) is 8.96. The van der Waals surface area contributed by atoms with Crippen LogP contribution in [0.3, 0.4) is 0 Å². The number of nitrogens with zero attached hydrogens (tertiary/aromatic N) is 1. The summed E-state index contributed by atoms with van der Waals surface area (Å²) in [6, 6.07) is 28.1. The van der Waals surface area contributed by atoms with E-state index in [0.717, 1.165) is 47.5 Å². The number of halogens is 1. The van der Waals surface area contributed by atoms with Crippen LogP contribution in [-0.4, -0.2) is 25.4 Å². The lowest BCUT2D eigenvalue weighted by atomic mass is 9.78. The maximum atomic E-state index is 14.5. The Bertz CT molecular complexity index is 1700. The van der Waals surface area contributed by atoms with Gasteiger partial charge in [-0.2, -0.15) is 0 Å². The molecule has 1 N–H and O–H groups in total. The molecule has 6 nitrogen and oxygen atoms in total. The molecule has 4 aromatic carbocycles. The summed E-state index contributed by atoms with van der Waals surface area (Å²) in [7, 11) is 1.59. The number of fused-ring (bicyclic) bond motifs is 1. The molecule has 6 rings (SSSR count). The van der Waals surface area contributed by atoms with Gasteiger partial charge < -0.3 is 14.8 Å². The summed E-state index contributed by atoms with van der Waals surface area (Å²) in [6.07, 6.45) is 3.99. The molecule has 4 aromatic rings. The molecule has 0 radical (unpaired) electrons. The van der Waals surface area contributed by atoms with Crippen molar-refractivity contribution in [3.8, 4) is 11.5 Å². The van der Waals surface area contributed by atoms with Gasteiger partial charge in [-0.3, -0.25) is 14.5 Å². The Morgan fingerprint density at radius 3 is 2.27 bits per heavy atom. The molecule has 0 aromatic heterocycles. The number of carbonyl (C=O) groups excluding carboxylic acids is 2. The topological polar surface area (TPSA) is 67.9 Å². The van der Waals surface area contributed by atoms with Gasteiger partial charge in [-0.05, 0) is 90.6 Å². The van der Waals surface area contributed by atoms with Crippen molar-refractivity contribution in [1.82, 2.24) is 0 Å². The van der Waals surface area contributed by atoms with Gasteiger partial charge in [0.25, 0.3) is 5.91 Å². The van der Waals surface area contributed by atoms with E-state index in [1.807, 2.05) is 48.5 Å². The van der Waals surface area contributed by atoms with Crippen LogP contribution in [0.5, 0.6) is 11.5 Å². The zero-order chi connectivity index (χ0) is 31.3. The number of amides is 1. The average Bonchev–Trinajstić information content (AvgIpc) is 3.22. The van der Waals surface area contributed by atoms with Crippen molar-refractivity contribution in [3.05, 3.63) is 131 Å². The molecule has 45 heavy (non-hydrogen) atoms. The highest BCUT2D eigenvalue weighted by molar-refractivity contribution is 6.12. The molecule has 230 valence electrons. The van der Waals surface area contributed by atoms with Crippen molar-refractivity contribution < 1.29 is 23.5 Å². The third kappa shape index (κ3) is 6.34. The largest absolute Gasteiger partial charge is 0.497 e. The SMILES string of the molecule is CCCCCOc1ccc(C2C3=C(CC(c4ccc(F)cc4)CC3=O)Nc3ccccc3N2C(=O)c2ccc(OC)cc2)cc1. The number of carbonyl (C=O) groups is 2. The highest BCUT2D eigenvalue weighted by Gasteiger charge is 2.42. The smallest absolute Gasteiger partial charge is 0.259 e. The molecule has 2 atom stereocenters. The second-order valence-corrected chi connectivity index (χ2v) is 11.5. The van der Waals surface area contributed by atoms with E-state index in [4.69, 9.17) is 9.47 Å². The molecule has 0 saturated carbocycles. The molecule has 0 bridgehead atoms. The van der Waals surface area contributed by atoms with Gasteiger partial charge in [-0.15, -0.1) is 0 Å². The third-order valence-corrected chi connectivity index (χ3v) is 8.60. The van der Waals surface area contributed by atoms with Gasteiger partial charge >= 0.3 is 0 Å². The monoisotopic (exact) mass is 604 g/mol. The lowest BCUT2D eigenvalue weighted by molar-refractivity contribution is -0.116. The first-order valence-corrected chi connectivity index (χ1v) is 15.5. The van der Waals surface area contributed by atoms with Crippen molar-refractivity contribution >= 4 is 23.1 Å². The number of hydrogen-bond donors (Lipinski definition) is 1. The van der Waals surface area contributed by atoms with E-state index >= 15 is 0 Å². The number of benzene rings is 4. The molecule has 1 heterocycles. The number of ether oxygens (including phenoxy) is 2. The summed E-state index contributed by atoms with van der Waals surface area (Å²) in [5, 5.41) is 3.55. The number of allylic oxidation sites excluding steroid dienone is 1. The highest BCUT2D eigenvalue weighted by Crippen LogP contribution is 2.48. The first-order chi connectivity index (χ1) is 22.0. The fraction of sp³-hybridized carbons (Fsp3) is 0.263. The number of nitrogens with one attached hydrogen (secondary N) is 1. The van der Waals surface area contributed by atoms with E-state index in [1.165, 1.54) is 12.1 Å². The van der Waals surface area contributed by atoms with Crippen molar-refractivity contribution in [2.45, 2.75) is 51.0 Å². The van der Waals surface area contributed by atoms with Gasteiger partial charge in [-0.25, -0.2) is 4.39 Å². The molecule has 1 amide bonds. The molecule has 0 spiro atoms. The van der Waals surface area contributed by atoms with Gasteiger partial charge in [0.15, 0.2) is 5.78 Å². The van der Waals surface area contributed by atoms with E-state index in [0.29, 0.717) is 35.6 Å². The summed E-state index contributed by atoms with van der Waals surface area (Å²) in [6.45, 7) is 2.79. The lowest BCUT2D eigenvalue weighted by Crippen LogP contribution is -2.38. The van der Waals surface area contributed by atoms with Crippen molar-refractivity contribution in [1.29, 1.82) is 0 Å². The van der Waals surface area contributed by atoms with E-state index in [2.05, 4.69) is 12.2 Å². The minimum atomic E-state index is -0.693. The van der Waals surface area contributed by atoms with Gasteiger partial charge in [0.1, 0.15) is 17.3 Å². The Labute approximate surface area is 263 Å². The number of anilines is 2. The number of para-hydroxylation sites is 2. The van der Waals surface area contributed by atoms with E-state index in [-0.39, 0.29) is 29.8 Å². The van der Waals surface area contributed by atoms with Crippen molar-refractivity contribution in [3.63, 3.8) is 0 Å². The van der Waals surface area contributed by atoms with Crippen LogP contribution >= 0.6 is 0 Å². The van der Waals surface area contributed by atoms with Crippen LogP contribution in [0.25, 0.3) is 0 Å². The van der Waals surface area contributed by atoms with E-state index in [9.17, 15) is 14.0 Å². The molecule has 7 heteroatoms. The zero-order valence-electron chi connectivity index (χ0n) is 25.6. The quantitative estimate of drug-likeness (QED) is 0.194. The standard InChI is InChI=1S/C38H37FN2O4/c1-3-4-7-22-45-31-20-12-26(13-21-31)37-36-33(23-28(24-35(36)42)25-10-16-29(39)17-11-25)40-32-8-5-6-9-34(32)41(37)38(43)27-14-18-30(44-2)19-15-27/h5-6,8-21,28,37,40H,3-4,7,22-24H2,1-2H3. The van der Waals surface area contributed by atoms with E-state index in [1.54, 1.807) is 48.4 Å². The van der Waals surface area contributed by atoms with Crippen LogP contribution < -0.4 is 19.7 Å². The summed E-state index contributed by atoms with van der Waals surface area (Å²) in [4.78, 5) is 30.5. The van der Waals surface area contributed by atoms with Crippen LogP contribution in [0.2, 0.25) is 0 Å². The molecular formula is C38H37FN2O4. The Morgan fingerprint density at radius 1 is 0.867 bits per heavy atom. The number of Topliss-reactive ketones (excluding diaryl/α,β-unsaturated/α-hetero) is 1. The fourth-order valence-corrected chi connectivity index (χ4v) is 6.26. The van der Waals surface area contributed by atoms with Crippen LogP contribution in [0.15, 0.2) is 108 Å². The third-order valence-electron chi connectivity index (χ3n) is 8.60. The highest BCUT2D eigenvalue weighted by atomic mass is 19.1. The average molecular weight is 605 g/mol. The Morgan fingerprint density at radius 2 is 1.56 bits per heavy atom. The minimum absolute atomic E-state index is 0.0525. The summed E-state index contributed by atoms with van der Waals surface area (Å²) in [5.41, 5.74) is 4.91. The summed E-state index contributed by atoms with van der Waals surface area (Å²) >= 11 is 0. The van der Waals surface area contributed by atoms with Gasteiger partial charge in [-0.1, -0.05) is 56.2 Å². The number of hydrogen-bond acceptors (Lipinski definition) is 5. The van der Waals surface area contributed by atoms with Crippen LogP contribution in [0.4, 0.5) is 15.8 Å². The number of rotatable bonds is 9. The Balaban J connectivity index is 1.47. The second kappa shape index (κ2) is 13.4. The Hall–Kier alpha value is -4.91. The lowest BCUT2D eigenvalue weighted by Gasteiger charge is -2.35. The molecule has 0 fully saturated rings. The number of unbranched alkanes of at least 4 members (excludes halogenated alkanes) is 2.